The van der Waals surface area contributed by atoms with E-state index in [1.807, 2.05) is 6.92 Å². The highest BCUT2D eigenvalue weighted by Crippen LogP contribution is 2.27. The van der Waals surface area contributed by atoms with Crippen molar-refractivity contribution in [2.24, 2.45) is 5.92 Å². The van der Waals surface area contributed by atoms with Crippen molar-refractivity contribution < 1.29 is 18.3 Å². The molecule has 7 nitrogen and oxygen atoms in total. The molecule has 21 heavy (non-hydrogen) atoms. The molecule has 0 amide bonds. The van der Waals surface area contributed by atoms with Crippen LogP contribution in [0.15, 0.2) is 4.90 Å². The van der Waals surface area contributed by atoms with Crippen molar-refractivity contribution in [3.8, 4) is 0 Å². The number of aromatic carboxylic acids is 1. The van der Waals surface area contributed by atoms with E-state index in [2.05, 4.69) is 14.9 Å². The van der Waals surface area contributed by atoms with Gasteiger partial charge < -0.3 is 5.11 Å². The van der Waals surface area contributed by atoms with Gasteiger partial charge in [-0.3, -0.25) is 5.10 Å². The second-order valence-corrected chi connectivity index (χ2v) is 7.29. The van der Waals surface area contributed by atoms with E-state index >= 15 is 0 Å². The number of hydrogen-bond donors (Lipinski definition) is 3. The molecule has 1 saturated carbocycles. The summed E-state index contributed by atoms with van der Waals surface area (Å²) in [5, 5.41) is 15.0. The van der Waals surface area contributed by atoms with Crippen LogP contribution in [0, 0.1) is 12.8 Å². The third kappa shape index (κ3) is 3.44. The number of nitrogens with one attached hydrogen (secondary N) is 2. The van der Waals surface area contributed by atoms with Gasteiger partial charge in [0.25, 0.3) is 0 Å². The second-order valence-electron chi connectivity index (χ2n) is 5.64. The maximum Gasteiger partial charge on any atom is 0.357 e. The van der Waals surface area contributed by atoms with Crippen molar-refractivity contribution >= 4 is 16.0 Å². The van der Waals surface area contributed by atoms with E-state index in [0.717, 1.165) is 25.7 Å². The van der Waals surface area contributed by atoms with Gasteiger partial charge in [0.2, 0.25) is 10.0 Å². The molecule has 0 saturated heterocycles. The zero-order valence-corrected chi connectivity index (χ0v) is 13.0. The minimum atomic E-state index is -3.90. The van der Waals surface area contributed by atoms with Crippen molar-refractivity contribution in [1.29, 1.82) is 0 Å². The first-order valence-electron chi connectivity index (χ1n) is 7.13. The molecule has 0 spiro atoms. The van der Waals surface area contributed by atoms with Gasteiger partial charge in [-0.25, -0.2) is 17.9 Å². The van der Waals surface area contributed by atoms with Crippen LogP contribution in [0.4, 0.5) is 0 Å². The van der Waals surface area contributed by atoms with Crippen LogP contribution in [-0.4, -0.2) is 35.7 Å². The minimum Gasteiger partial charge on any atom is -0.476 e. The van der Waals surface area contributed by atoms with Gasteiger partial charge in [-0.05, 0) is 32.6 Å². The predicted molar refractivity (Wildman–Crippen MR) is 76.6 cm³/mol. The molecule has 1 unspecified atom stereocenters. The minimum absolute atomic E-state index is 0.216. The number of nitrogens with zero attached hydrogens (tertiary/aromatic N) is 1. The van der Waals surface area contributed by atoms with Crippen molar-refractivity contribution in [2.45, 2.75) is 56.9 Å². The normalized spacial score (nSPS) is 18.6. The molecule has 0 aliphatic heterocycles. The summed E-state index contributed by atoms with van der Waals surface area (Å²) in [6, 6.07) is -0.216. The van der Waals surface area contributed by atoms with Crippen LogP contribution in [0.2, 0.25) is 0 Å². The molecular weight excluding hydrogens is 294 g/mol. The molecule has 0 aromatic carbocycles. The molecule has 0 bridgehead atoms. The summed E-state index contributed by atoms with van der Waals surface area (Å²) in [4.78, 5) is 10.8. The van der Waals surface area contributed by atoms with Gasteiger partial charge in [0.1, 0.15) is 4.90 Å². The fraction of sp³-hybridized carbons (Fsp3) is 0.692. The predicted octanol–water partition coefficient (Wildman–Crippen LogP) is 1.66. The van der Waals surface area contributed by atoms with Gasteiger partial charge in [0, 0.05) is 6.04 Å². The van der Waals surface area contributed by atoms with Gasteiger partial charge in [-0.2, -0.15) is 5.10 Å². The van der Waals surface area contributed by atoms with Crippen LogP contribution in [0.1, 0.15) is 55.2 Å². The number of hydrogen-bond acceptors (Lipinski definition) is 4. The lowest BCUT2D eigenvalue weighted by molar-refractivity contribution is 0.0686. The average molecular weight is 315 g/mol. The summed E-state index contributed by atoms with van der Waals surface area (Å²) >= 11 is 0. The summed E-state index contributed by atoms with van der Waals surface area (Å²) in [7, 11) is -3.90. The van der Waals surface area contributed by atoms with E-state index in [4.69, 9.17) is 5.11 Å². The Morgan fingerprint density at radius 2 is 2.00 bits per heavy atom. The van der Waals surface area contributed by atoms with Gasteiger partial charge >= 0.3 is 5.97 Å². The maximum atomic E-state index is 12.5. The number of carbonyl (C=O) groups is 1. The van der Waals surface area contributed by atoms with Crippen LogP contribution in [0.5, 0.6) is 0 Å². The number of carboxylic acid groups (broad SMARTS) is 1. The Kier molecular flexibility index (Phi) is 4.67. The molecule has 1 fully saturated rings. The van der Waals surface area contributed by atoms with Gasteiger partial charge in [-0.1, -0.05) is 19.3 Å². The highest BCUT2D eigenvalue weighted by Gasteiger charge is 2.31. The monoisotopic (exact) mass is 315 g/mol. The molecule has 1 aliphatic rings. The molecule has 0 radical (unpaired) electrons. The molecule has 118 valence electrons. The number of aryl methyl sites for hydroxylation is 1. The smallest absolute Gasteiger partial charge is 0.357 e. The molecule has 3 N–H and O–H groups in total. The number of carboxylic acids is 1. The standard InChI is InChI=1S/C13H21N3O4S/c1-8(10-6-4-3-5-7-10)16-21(19,20)12-9(2)14-15-11(12)13(17)18/h8,10,16H,3-7H2,1-2H3,(H,14,15)(H,17,18). The molecule has 2 rings (SSSR count). The van der Waals surface area contributed by atoms with E-state index in [9.17, 15) is 13.2 Å². The number of sulfonamides is 1. The van der Waals surface area contributed by atoms with Crippen LogP contribution in [0.3, 0.4) is 0 Å². The lowest BCUT2D eigenvalue weighted by Gasteiger charge is -2.28. The zero-order chi connectivity index (χ0) is 15.6. The Morgan fingerprint density at radius 1 is 1.38 bits per heavy atom. The highest BCUT2D eigenvalue weighted by molar-refractivity contribution is 7.89. The fourth-order valence-electron chi connectivity index (χ4n) is 2.93. The molecule has 8 heteroatoms. The summed E-state index contributed by atoms with van der Waals surface area (Å²) < 4.78 is 27.5. The third-order valence-corrected chi connectivity index (χ3v) is 5.78. The number of H-pyrrole nitrogens is 1. The topological polar surface area (TPSA) is 112 Å². The molecule has 1 aliphatic carbocycles. The van der Waals surface area contributed by atoms with Crippen LogP contribution >= 0.6 is 0 Å². The van der Waals surface area contributed by atoms with Crippen LogP contribution < -0.4 is 4.72 Å². The first-order valence-corrected chi connectivity index (χ1v) is 8.62. The van der Waals surface area contributed by atoms with Gasteiger partial charge in [0.15, 0.2) is 5.69 Å². The summed E-state index contributed by atoms with van der Waals surface area (Å²) in [6.45, 7) is 3.34. The summed E-state index contributed by atoms with van der Waals surface area (Å²) in [5.41, 5.74) is -0.230. The first kappa shape index (κ1) is 16.0. The van der Waals surface area contributed by atoms with Crippen molar-refractivity contribution in [3.63, 3.8) is 0 Å². The Bertz CT molecular complexity index is 617. The Labute approximate surface area is 124 Å². The van der Waals surface area contributed by atoms with E-state index < -0.39 is 21.7 Å². The first-order chi connectivity index (χ1) is 9.83. The summed E-state index contributed by atoms with van der Waals surface area (Å²) in [6.07, 6.45) is 5.42. The number of aromatic amines is 1. The molecule has 1 aromatic heterocycles. The van der Waals surface area contributed by atoms with Crippen LogP contribution in [-0.2, 0) is 10.0 Å². The van der Waals surface area contributed by atoms with E-state index in [0.29, 0.717) is 5.92 Å². The van der Waals surface area contributed by atoms with E-state index in [1.165, 1.54) is 13.3 Å². The quantitative estimate of drug-likeness (QED) is 0.765. The lowest BCUT2D eigenvalue weighted by atomic mass is 9.85. The van der Waals surface area contributed by atoms with E-state index in [1.54, 1.807) is 0 Å². The SMILES string of the molecule is Cc1[nH]nc(C(=O)O)c1S(=O)(=O)NC(C)C1CCCCC1. The van der Waals surface area contributed by atoms with Crippen molar-refractivity contribution in [3.05, 3.63) is 11.4 Å². The molecular formula is C13H21N3O4S. The maximum absolute atomic E-state index is 12.5. The van der Waals surface area contributed by atoms with E-state index in [-0.39, 0.29) is 16.6 Å². The van der Waals surface area contributed by atoms with Crippen LogP contribution in [0.25, 0.3) is 0 Å². The Morgan fingerprint density at radius 3 is 2.57 bits per heavy atom. The average Bonchev–Trinajstić information content (AvgIpc) is 2.82. The largest absolute Gasteiger partial charge is 0.476 e. The number of rotatable bonds is 5. The second kappa shape index (κ2) is 6.15. The fourth-order valence-corrected chi connectivity index (χ4v) is 4.56. The lowest BCUT2D eigenvalue weighted by Crippen LogP contribution is -2.39. The Balaban J connectivity index is 2.22. The van der Waals surface area contributed by atoms with Crippen molar-refractivity contribution in [2.75, 3.05) is 0 Å². The highest BCUT2D eigenvalue weighted by atomic mass is 32.2. The zero-order valence-electron chi connectivity index (χ0n) is 12.2. The van der Waals surface area contributed by atoms with Crippen molar-refractivity contribution in [1.82, 2.24) is 14.9 Å². The number of aromatic nitrogens is 2. The Hall–Kier alpha value is -1.41. The third-order valence-electron chi connectivity index (χ3n) is 4.06. The molecule has 1 aromatic rings. The van der Waals surface area contributed by atoms with Gasteiger partial charge in [0.05, 0.1) is 5.69 Å². The summed E-state index contributed by atoms with van der Waals surface area (Å²) in [5.74, 6) is -1.06. The van der Waals surface area contributed by atoms with Gasteiger partial charge in [-0.15, -0.1) is 0 Å². The molecule has 1 heterocycles. The molecule has 1 atom stereocenters.